The molecule has 4 nitrogen and oxygen atoms in total. The van der Waals surface area contributed by atoms with Gasteiger partial charge < -0.3 is 4.74 Å². The summed E-state index contributed by atoms with van der Waals surface area (Å²) < 4.78 is 33.7. The third kappa shape index (κ3) is 5.22. The second-order valence-corrected chi connectivity index (χ2v) is 10.9. The maximum atomic E-state index is 14.2. The van der Waals surface area contributed by atoms with Gasteiger partial charge in [0.05, 0.1) is 16.0 Å². The van der Waals surface area contributed by atoms with E-state index in [0.29, 0.717) is 4.88 Å². The number of ether oxygens (including phenoxy) is 1. The number of rotatable bonds is 7. The van der Waals surface area contributed by atoms with Gasteiger partial charge in [-0.15, -0.1) is 11.3 Å². The van der Waals surface area contributed by atoms with Crippen LogP contribution in [-0.4, -0.2) is 11.9 Å². The number of ketones is 1. The molecule has 1 saturated carbocycles. The van der Waals surface area contributed by atoms with Gasteiger partial charge in [0.15, 0.2) is 5.13 Å². The summed E-state index contributed by atoms with van der Waals surface area (Å²) in [6.45, 7) is 3.19. The number of benzene rings is 3. The Morgan fingerprint density at radius 1 is 0.947 bits per heavy atom. The fourth-order valence-electron chi connectivity index (χ4n) is 4.63. The molecule has 0 radical (unpaired) electrons. The number of hydrogen-bond donors (Lipinski definition) is 1. The van der Waals surface area contributed by atoms with Crippen LogP contribution >= 0.6 is 22.9 Å². The Bertz CT molecular complexity index is 1510. The Labute approximate surface area is 228 Å². The normalized spacial score (nSPS) is 14.6. The van der Waals surface area contributed by atoms with Crippen molar-refractivity contribution in [2.75, 3.05) is 5.32 Å². The van der Waals surface area contributed by atoms with Gasteiger partial charge in [-0.1, -0.05) is 66.2 Å². The highest BCUT2D eigenvalue weighted by Gasteiger charge is 2.48. The molecule has 1 aromatic heterocycles. The molecule has 4 aromatic rings. The van der Waals surface area contributed by atoms with E-state index in [2.05, 4.69) is 5.32 Å². The van der Waals surface area contributed by atoms with Crippen LogP contribution in [0.2, 0.25) is 5.02 Å². The number of hydrogen-bond acceptors (Lipinski definition) is 4. The molecule has 5 rings (SSSR count). The van der Waals surface area contributed by atoms with Gasteiger partial charge >= 0.3 is 6.09 Å². The summed E-state index contributed by atoms with van der Waals surface area (Å²) in [5.41, 5.74) is 3.88. The van der Waals surface area contributed by atoms with E-state index >= 15 is 0 Å². The number of anilines is 1. The van der Waals surface area contributed by atoms with E-state index in [1.165, 1.54) is 25.1 Å². The molecule has 0 aliphatic heterocycles. The summed E-state index contributed by atoms with van der Waals surface area (Å²) >= 11 is 6.69. The summed E-state index contributed by atoms with van der Waals surface area (Å²) in [5.74, 6) is -0.377. The van der Waals surface area contributed by atoms with Gasteiger partial charge in [0.2, 0.25) is 0 Å². The molecular weight excluding hydrogens is 528 g/mol. The van der Waals surface area contributed by atoms with E-state index < -0.39 is 23.1 Å². The number of carbonyl (C=O) groups is 2. The van der Waals surface area contributed by atoms with Crippen LogP contribution in [0.15, 0.2) is 72.8 Å². The fraction of sp³-hybridized carbons (Fsp3) is 0.200. The first-order valence-electron chi connectivity index (χ1n) is 12.1. The van der Waals surface area contributed by atoms with Gasteiger partial charge in [0, 0.05) is 16.7 Å². The standard InChI is InChI=1S/C30H24ClF2NO3S/c1-17(24-12-11-23(31)15-25(24)32)37-29(36)34-26-16-27(33)38-28(26)21-5-3-19(4-6-21)20-7-9-22(10-8-20)30(13-14-30)18(2)35/h3-12,15-17H,13-14H2,1-2H3,(H,34,36). The fourth-order valence-corrected chi connectivity index (χ4v) is 5.63. The van der Waals surface area contributed by atoms with E-state index in [4.69, 9.17) is 16.3 Å². The highest BCUT2D eigenvalue weighted by atomic mass is 35.5. The maximum absolute atomic E-state index is 14.2. The average molecular weight is 552 g/mol. The molecule has 0 saturated heterocycles. The second-order valence-electron chi connectivity index (χ2n) is 9.42. The van der Waals surface area contributed by atoms with E-state index in [1.54, 1.807) is 6.92 Å². The largest absolute Gasteiger partial charge is 0.441 e. The van der Waals surface area contributed by atoms with Crippen LogP contribution in [0.4, 0.5) is 19.3 Å². The summed E-state index contributed by atoms with van der Waals surface area (Å²) in [6.07, 6.45) is 0.0834. The van der Waals surface area contributed by atoms with Crippen LogP contribution < -0.4 is 5.32 Å². The van der Waals surface area contributed by atoms with Crippen molar-refractivity contribution >= 4 is 40.5 Å². The number of thiophene rings is 1. The Kier molecular flexibility index (Phi) is 7.07. The van der Waals surface area contributed by atoms with Crippen LogP contribution in [-0.2, 0) is 14.9 Å². The van der Waals surface area contributed by atoms with Crippen molar-refractivity contribution in [3.63, 3.8) is 0 Å². The Hall–Kier alpha value is -3.55. The van der Waals surface area contributed by atoms with Gasteiger partial charge in [0.1, 0.15) is 17.7 Å². The molecule has 1 aliphatic rings. The summed E-state index contributed by atoms with van der Waals surface area (Å²) in [5, 5.41) is 2.35. The summed E-state index contributed by atoms with van der Waals surface area (Å²) in [7, 11) is 0. The molecule has 8 heteroatoms. The van der Waals surface area contributed by atoms with Crippen LogP contribution in [0.3, 0.4) is 0 Å². The Balaban J connectivity index is 1.30. The molecule has 1 aliphatic carbocycles. The van der Waals surface area contributed by atoms with E-state index in [9.17, 15) is 18.4 Å². The zero-order valence-corrected chi connectivity index (χ0v) is 22.3. The van der Waals surface area contributed by atoms with Crippen LogP contribution in [0.25, 0.3) is 21.6 Å². The Morgan fingerprint density at radius 3 is 2.13 bits per heavy atom. The average Bonchev–Trinajstić information content (AvgIpc) is 3.62. The molecule has 1 fully saturated rings. The van der Waals surface area contributed by atoms with Crippen molar-refractivity contribution in [3.05, 3.63) is 99.9 Å². The molecule has 1 heterocycles. The van der Waals surface area contributed by atoms with Crippen molar-refractivity contribution in [1.29, 1.82) is 0 Å². The lowest BCUT2D eigenvalue weighted by Gasteiger charge is -2.15. The van der Waals surface area contributed by atoms with Crippen molar-refractivity contribution in [2.24, 2.45) is 0 Å². The van der Waals surface area contributed by atoms with Crippen LogP contribution in [0.5, 0.6) is 0 Å². The predicted octanol–water partition coefficient (Wildman–Crippen LogP) is 8.94. The van der Waals surface area contributed by atoms with Crippen LogP contribution in [0, 0.1) is 10.9 Å². The number of amides is 1. The second kappa shape index (κ2) is 10.3. The van der Waals surface area contributed by atoms with E-state index in [1.807, 2.05) is 48.5 Å². The smallest absolute Gasteiger partial charge is 0.412 e. The SMILES string of the molecule is CC(=O)C1(c2ccc(-c3ccc(-c4sc(F)cc4NC(=O)OC(C)c4ccc(Cl)cc4F)cc3)cc2)CC1. The summed E-state index contributed by atoms with van der Waals surface area (Å²) in [6, 6.07) is 20.9. The summed E-state index contributed by atoms with van der Waals surface area (Å²) in [4.78, 5) is 25.1. The molecule has 1 unspecified atom stereocenters. The minimum atomic E-state index is -0.880. The molecule has 1 atom stereocenters. The first-order valence-corrected chi connectivity index (χ1v) is 13.3. The van der Waals surface area contributed by atoms with E-state index in [0.717, 1.165) is 52.5 Å². The molecule has 0 spiro atoms. The lowest BCUT2D eigenvalue weighted by Crippen LogP contribution is -2.16. The monoisotopic (exact) mass is 551 g/mol. The van der Waals surface area contributed by atoms with Crippen molar-refractivity contribution in [1.82, 2.24) is 0 Å². The number of Topliss-reactive ketones (excluding diaryl/α,β-unsaturated/α-hetero) is 1. The van der Waals surface area contributed by atoms with Crippen molar-refractivity contribution in [3.8, 4) is 21.6 Å². The quantitative estimate of drug-likeness (QED) is 0.249. The first-order chi connectivity index (χ1) is 18.2. The minimum Gasteiger partial charge on any atom is -0.441 e. The molecule has 38 heavy (non-hydrogen) atoms. The number of nitrogens with one attached hydrogen (secondary N) is 1. The van der Waals surface area contributed by atoms with Gasteiger partial charge in [-0.3, -0.25) is 10.1 Å². The number of carbonyl (C=O) groups excluding carboxylic acids is 2. The predicted molar refractivity (Wildman–Crippen MR) is 147 cm³/mol. The molecule has 0 bridgehead atoms. The maximum Gasteiger partial charge on any atom is 0.412 e. The third-order valence-corrected chi connectivity index (χ3v) is 8.17. The van der Waals surface area contributed by atoms with Gasteiger partial charge in [-0.2, -0.15) is 4.39 Å². The van der Waals surface area contributed by atoms with Crippen LogP contribution in [0.1, 0.15) is 43.9 Å². The van der Waals surface area contributed by atoms with Gasteiger partial charge in [-0.25, -0.2) is 9.18 Å². The Morgan fingerprint density at radius 2 is 1.55 bits per heavy atom. The highest BCUT2D eigenvalue weighted by molar-refractivity contribution is 7.14. The molecule has 1 amide bonds. The molecule has 1 N–H and O–H groups in total. The lowest BCUT2D eigenvalue weighted by molar-refractivity contribution is -0.119. The first kappa shape index (κ1) is 26.1. The zero-order valence-electron chi connectivity index (χ0n) is 20.7. The molecule has 3 aromatic carbocycles. The van der Waals surface area contributed by atoms with Gasteiger partial charge in [0.25, 0.3) is 0 Å². The van der Waals surface area contributed by atoms with E-state index in [-0.39, 0.29) is 27.5 Å². The third-order valence-electron chi connectivity index (χ3n) is 6.96. The molecular formula is C30H24ClF2NO3S. The number of halogens is 3. The lowest BCUT2D eigenvalue weighted by atomic mass is 9.90. The highest BCUT2D eigenvalue weighted by Crippen LogP contribution is 2.49. The van der Waals surface area contributed by atoms with Crippen molar-refractivity contribution < 1.29 is 23.1 Å². The van der Waals surface area contributed by atoms with Gasteiger partial charge in [-0.05, 0) is 61.1 Å². The topological polar surface area (TPSA) is 55.4 Å². The molecule has 194 valence electrons. The zero-order chi connectivity index (χ0) is 27.0. The van der Waals surface area contributed by atoms with Crippen molar-refractivity contribution in [2.45, 2.75) is 38.2 Å². The minimum absolute atomic E-state index is 0.179.